The van der Waals surface area contributed by atoms with E-state index in [2.05, 4.69) is 137 Å². The lowest BCUT2D eigenvalue weighted by Crippen LogP contribution is -2.41. The van der Waals surface area contributed by atoms with Gasteiger partial charge in [-0.2, -0.15) is 0 Å². The van der Waals surface area contributed by atoms with Crippen molar-refractivity contribution in [3.05, 3.63) is 108 Å². The van der Waals surface area contributed by atoms with Crippen LogP contribution in [-0.4, -0.2) is 5.60 Å². The Morgan fingerprint density at radius 1 is 0.636 bits per heavy atom. The molecule has 0 saturated heterocycles. The van der Waals surface area contributed by atoms with Crippen molar-refractivity contribution < 1.29 is 4.74 Å². The molecule has 0 unspecified atom stereocenters. The fraction of sp³-hybridized carbons (Fsp3) is 0.226. The molecule has 0 radical (unpaired) electrons. The Kier molecular flexibility index (Phi) is 5.05. The number of para-hydroxylation sites is 2. The summed E-state index contributed by atoms with van der Waals surface area (Å²) in [5.74, 6) is 0.998. The molecule has 1 aliphatic heterocycles. The third-order valence-corrected chi connectivity index (χ3v) is 7.34. The van der Waals surface area contributed by atoms with Crippen molar-refractivity contribution in [1.82, 2.24) is 0 Å². The molecule has 0 saturated carbocycles. The lowest BCUT2D eigenvalue weighted by molar-refractivity contribution is 0.0712. The van der Waals surface area contributed by atoms with Gasteiger partial charge in [0.05, 0.1) is 0 Å². The summed E-state index contributed by atoms with van der Waals surface area (Å²) in [4.78, 5) is 2.31. The second-order valence-electron chi connectivity index (χ2n) is 9.95. The molecule has 1 heterocycles. The number of hydrogen-bond acceptors (Lipinski definition) is 2. The SMILES string of the molecule is Cc1ccc(N(c2ccccc2)c2ccccc2)cc1-c1ccc2c(c1)C(C)(C)C(C)(C)O2. The Morgan fingerprint density at radius 3 is 1.85 bits per heavy atom. The highest BCUT2D eigenvalue weighted by atomic mass is 16.5. The Bertz CT molecular complexity index is 1250. The fourth-order valence-electron chi connectivity index (χ4n) is 4.66. The topological polar surface area (TPSA) is 12.5 Å². The second-order valence-corrected chi connectivity index (χ2v) is 9.95. The van der Waals surface area contributed by atoms with E-state index in [1.807, 2.05) is 0 Å². The van der Waals surface area contributed by atoms with E-state index in [0.717, 1.165) is 22.8 Å². The van der Waals surface area contributed by atoms with Gasteiger partial charge < -0.3 is 9.64 Å². The van der Waals surface area contributed by atoms with Crippen molar-refractivity contribution in [1.29, 1.82) is 0 Å². The van der Waals surface area contributed by atoms with Gasteiger partial charge in [-0.05, 0) is 86.0 Å². The van der Waals surface area contributed by atoms with E-state index < -0.39 is 0 Å². The molecule has 0 aromatic heterocycles. The molecule has 5 rings (SSSR count). The third kappa shape index (κ3) is 3.60. The van der Waals surface area contributed by atoms with Crippen LogP contribution in [0.1, 0.15) is 38.8 Å². The van der Waals surface area contributed by atoms with E-state index >= 15 is 0 Å². The Morgan fingerprint density at radius 2 is 1.24 bits per heavy atom. The molecule has 33 heavy (non-hydrogen) atoms. The van der Waals surface area contributed by atoms with Gasteiger partial charge in [0.25, 0.3) is 0 Å². The second kappa shape index (κ2) is 7.81. The molecular formula is C31H31NO. The molecule has 0 atom stereocenters. The quantitative estimate of drug-likeness (QED) is 0.319. The minimum absolute atomic E-state index is 0.0655. The number of anilines is 3. The summed E-state index contributed by atoms with van der Waals surface area (Å²) in [5.41, 5.74) is 8.13. The molecule has 166 valence electrons. The molecule has 2 heteroatoms. The number of hydrogen-bond donors (Lipinski definition) is 0. The zero-order chi connectivity index (χ0) is 23.2. The van der Waals surface area contributed by atoms with Gasteiger partial charge in [-0.1, -0.05) is 62.4 Å². The monoisotopic (exact) mass is 433 g/mol. The highest BCUT2D eigenvalue weighted by molar-refractivity contribution is 5.81. The molecule has 1 aliphatic rings. The van der Waals surface area contributed by atoms with Crippen LogP contribution in [0.15, 0.2) is 97.1 Å². The van der Waals surface area contributed by atoms with E-state index in [1.165, 1.54) is 22.3 Å². The number of nitrogens with zero attached hydrogens (tertiary/aromatic N) is 1. The molecule has 0 aliphatic carbocycles. The third-order valence-electron chi connectivity index (χ3n) is 7.34. The van der Waals surface area contributed by atoms with Gasteiger partial charge in [-0.15, -0.1) is 0 Å². The number of fused-ring (bicyclic) bond motifs is 1. The van der Waals surface area contributed by atoms with E-state index in [9.17, 15) is 0 Å². The number of aryl methyl sites for hydroxylation is 1. The zero-order valence-electron chi connectivity index (χ0n) is 20.1. The first kappa shape index (κ1) is 21.3. The molecule has 0 N–H and O–H groups in total. The van der Waals surface area contributed by atoms with Gasteiger partial charge in [0.1, 0.15) is 11.4 Å². The maximum atomic E-state index is 6.30. The average molecular weight is 434 g/mol. The lowest BCUT2D eigenvalue weighted by atomic mass is 9.73. The van der Waals surface area contributed by atoms with Crippen LogP contribution in [0.25, 0.3) is 11.1 Å². The first-order valence-corrected chi connectivity index (χ1v) is 11.6. The molecular weight excluding hydrogens is 402 g/mol. The van der Waals surface area contributed by atoms with Gasteiger partial charge >= 0.3 is 0 Å². The molecule has 0 amide bonds. The van der Waals surface area contributed by atoms with Gasteiger partial charge in [0.15, 0.2) is 0 Å². The maximum Gasteiger partial charge on any atom is 0.124 e. The standard InChI is InChI=1S/C31H31NO/c1-22-16-18-26(32(24-12-8-6-9-13-24)25-14-10-7-11-15-25)21-27(22)23-17-19-29-28(20-23)30(2,3)31(4,5)33-29/h6-21H,1-5H3. The number of benzene rings is 4. The smallest absolute Gasteiger partial charge is 0.124 e. The van der Waals surface area contributed by atoms with Crippen molar-refractivity contribution in [2.24, 2.45) is 0 Å². The van der Waals surface area contributed by atoms with E-state index in [1.54, 1.807) is 0 Å². The average Bonchev–Trinajstić information content (AvgIpc) is 3.00. The van der Waals surface area contributed by atoms with Crippen LogP contribution in [0, 0.1) is 6.92 Å². The first-order valence-electron chi connectivity index (χ1n) is 11.6. The summed E-state index contributed by atoms with van der Waals surface area (Å²) in [6.07, 6.45) is 0. The van der Waals surface area contributed by atoms with Crippen molar-refractivity contribution in [3.8, 4) is 16.9 Å². The highest BCUT2D eigenvalue weighted by Crippen LogP contribution is 2.50. The summed E-state index contributed by atoms with van der Waals surface area (Å²) >= 11 is 0. The van der Waals surface area contributed by atoms with Gasteiger partial charge in [0, 0.05) is 28.0 Å². The van der Waals surface area contributed by atoms with Crippen LogP contribution >= 0.6 is 0 Å². The summed E-state index contributed by atoms with van der Waals surface area (Å²) in [6.45, 7) is 11.1. The predicted molar refractivity (Wildman–Crippen MR) is 139 cm³/mol. The van der Waals surface area contributed by atoms with Crippen LogP contribution < -0.4 is 9.64 Å². The predicted octanol–water partition coefficient (Wildman–Crippen LogP) is 8.58. The van der Waals surface area contributed by atoms with Crippen LogP contribution in [0.3, 0.4) is 0 Å². The van der Waals surface area contributed by atoms with E-state index in [-0.39, 0.29) is 11.0 Å². The number of rotatable bonds is 4. The Balaban J connectivity index is 1.64. The van der Waals surface area contributed by atoms with Crippen molar-refractivity contribution in [2.75, 3.05) is 4.90 Å². The van der Waals surface area contributed by atoms with Crippen LogP contribution in [0.2, 0.25) is 0 Å². The minimum Gasteiger partial charge on any atom is -0.487 e. The Hall–Kier alpha value is -3.52. The normalized spacial score (nSPS) is 15.5. The van der Waals surface area contributed by atoms with E-state index in [0.29, 0.717) is 0 Å². The van der Waals surface area contributed by atoms with Crippen molar-refractivity contribution in [2.45, 2.75) is 45.6 Å². The summed E-state index contributed by atoms with van der Waals surface area (Å²) in [7, 11) is 0. The van der Waals surface area contributed by atoms with Gasteiger partial charge in [-0.25, -0.2) is 0 Å². The van der Waals surface area contributed by atoms with Gasteiger partial charge in [-0.3, -0.25) is 0 Å². The maximum absolute atomic E-state index is 6.30. The molecule has 0 fully saturated rings. The molecule has 2 nitrogen and oxygen atoms in total. The van der Waals surface area contributed by atoms with E-state index in [4.69, 9.17) is 4.74 Å². The van der Waals surface area contributed by atoms with Gasteiger partial charge in [0.2, 0.25) is 0 Å². The highest BCUT2D eigenvalue weighted by Gasteiger charge is 2.47. The van der Waals surface area contributed by atoms with Crippen LogP contribution in [0.5, 0.6) is 5.75 Å². The molecule has 4 aromatic rings. The molecule has 4 aromatic carbocycles. The largest absolute Gasteiger partial charge is 0.487 e. The first-order chi connectivity index (χ1) is 15.8. The molecule has 0 bridgehead atoms. The molecule has 0 spiro atoms. The van der Waals surface area contributed by atoms with Crippen molar-refractivity contribution >= 4 is 17.1 Å². The summed E-state index contributed by atoms with van der Waals surface area (Å²) < 4.78 is 6.30. The number of ether oxygens (including phenoxy) is 1. The minimum atomic E-state index is -0.234. The summed E-state index contributed by atoms with van der Waals surface area (Å²) in [5, 5.41) is 0. The van der Waals surface area contributed by atoms with Crippen molar-refractivity contribution in [3.63, 3.8) is 0 Å². The van der Waals surface area contributed by atoms with Crippen LogP contribution in [-0.2, 0) is 5.41 Å². The zero-order valence-corrected chi connectivity index (χ0v) is 20.1. The summed E-state index contributed by atoms with van der Waals surface area (Å²) in [6, 6.07) is 34.5. The fourth-order valence-corrected chi connectivity index (χ4v) is 4.66. The Labute approximate surface area is 197 Å². The van der Waals surface area contributed by atoms with Crippen LogP contribution in [0.4, 0.5) is 17.1 Å². The lowest BCUT2D eigenvalue weighted by Gasteiger charge is -2.33.